The van der Waals surface area contributed by atoms with E-state index in [-0.39, 0.29) is 0 Å². The van der Waals surface area contributed by atoms with Gasteiger partial charge in [0.05, 0.1) is 15.7 Å². The van der Waals surface area contributed by atoms with Crippen LogP contribution in [0.25, 0.3) is 0 Å². The van der Waals surface area contributed by atoms with Crippen LogP contribution in [0, 0.1) is 0 Å². The summed E-state index contributed by atoms with van der Waals surface area (Å²) in [6.07, 6.45) is 2.21. The molecule has 6 heteroatoms. The van der Waals surface area contributed by atoms with Gasteiger partial charge in [-0.05, 0) is 46.7 Å². The van der Waals surface area contributed by atoms with Crippen molar-refractivity contribution in [3.8, 4) is 0 Å². The second-order valence-corrected chi connectivity index (χ2v) is 5.48. The van der Waals surface area contributed by atoms with Crippen molar-refractivity contribution in [2.45, 2.75) is 19.8 Å². The van der Waals surface area contributed by atoms with E-state index in [4.69, 9.17) is 35.4 Å². The summed E-state index contributed by atoms with van der Waals surface area (Å²) < 4.78 is 0.763. The highest BCUT2D eigenvalue weighted by molar-refractivity contribution is 9.10. The van der Waals surface area contributed by atoms with Crippen molar-refractivity contribution >= 4 is 62.1 Å². The van der Waals surface area contributed by atoms with Gasteiger partial charge >= 0.3 is 0 Å². The fourth-order valence-corrected chi connectivity index (χ4v) is 2.20. The van der Waals surface area contributed by atoms with Crippen molar-refractivity contribution in [3.63, 3.8) is 0 Å². The Kier molecular flexibility index (Phi) is 6.55. The molecule has 0 aliphatic carbocycles. The molecule has 0 spiro atoms. The molecule has 2 N–H and O–H groups in total. The third-order valence-electron chi connectivity index (χ3n) is 2.10. The summed E-state index contributed by atoms with van der Waals surface area (Å²) in [5, 5.41) is 7.61. The standard InChI is InChI=1S/C11H13BrCl2N2S/c1-2-3-6-15-11(17)16-8-5-4-7(12)9(13)10(8)14/h4-5H,2-3,6H2,1H3,(H2,15,16,17). The van der Waals surface area contributed by atoms with Crippen LogP contribution in [-0.4, -0.2) is 11.7 Å². The van der Waals surface area contributed by atoms with Crippen molar-refractivity contribution in [1.29, 1.82) is 0 Å². The lowest BCUT2D eigenvalue weighted by atomic mass is 10.3. The Balaban J connectivity index is 2.63. The number of hydrogen-bond donors (Lipinski definition) is 2. The van der Waals surface area contributed by atoms with Crippen molar-refractivity contribution in [2.24, 2.45) is 0 Å². The third kappa shape index (κ3) is 4.62. The number of benzene rings is 1. The first-order valence-corrected chi connectivity index (χ1v) is 7.20. The minimum absolute atomic E-state index is 0.459. The van der Waals surface area contributed by atoms with Gasteiger partial charge < -0.3 is 10.6 Å². The minimum Gasteiger partial charge on any atom is -0.362 e. The Labute approximate surface area is 125 Å². The fraction of sp³-hybridized carbons (Fsp3) is 0.364. The van der Waals surface area contributed by atoms with Gasteiger partial charge in [-0.25, -0.2) is 0 Å². The molecule has 1 rings (SSSR count). The molecule has 0 radical (unpaired) electrons. The zero-order valence-corrected chi connectivity index (χ0v) is 13.2. The second-order valence-electron chi connectivity index (χ2n) is 3.46. The monoisotopic (exact) mass is 354 g/mol. The highest BCUT2D eigenvalue weighted by Crippen LogP contribution is 2.35. The maximum Gasteiger partial charge on any atom is 0.170 e. The Morgan fingerprint density at radius 1 is 1.35 bits per heavy atom. The summed E-state index contributed by atoms with van der Waals surface area (Å²) in [6.45, 7) is 2.98. The van der Waals surface area contributed by atoms with E-state index in [1.807, 2.05) is 12.1 Å². The van der Waals surface area contributed by atoms with Gasteiger partial charge in [-0.2, -0.15) is 0 Å². The van der Waals surface area contributed by atoms with Gasteiger partial charge in [-0.1, -0.05) is 36.5 Å². The maximum absolute atomic E-state index is 6.09. The highest BCUT2D eigenvalue weighted by atomic mass is 79.9. The lowest BCUT2D eigenvalue weighted by Gasteiger charge is -2.12. The van der Waals surface area contributed by atoms with E-state index in [9.17, 15) is 0 Å². The van der Waals surface area contributed by atoms with Gasteiger partial charge in [-0.15, -0.1) is 0 Å². The Hall–Kier alpha value is -0.0300. The van der Waals surface area contributed by atoms with Crippen LogP contribution in [0.3, 0.4) is 0 Å². The molecule has 0 saturated carbocycles. The summed E-state index contributed by atoms with van der Waals surface area (Å²) in [5.41, 5.74) is 0.703. The van der Waals surface area contributed by atoms with E-state index in [2.05, 4.69) is 33.5 Å². The van der Waals surface area contributed by atoms with E-state index < -0.39 is 0 Å². The van der Waals surface area contributed by atoms with Crippen LogP contribution in [0.5, 0.6) is 0 Å². The summed E-state index contributed by atoms with van der Waals surface area (Å²) >= 11 is 20.6. The maximum atomic E-state index is 6.09. The van der Waals surface area contributed by atoms with E-state index in [1.54, 1.807) is 0 Å². The number of halogens is 3. The van der Waals surface area contributed by atoms with Crippen LogP contribution < -0.4 is 10.6 Å². The van der Waals surface area contributed by atoms with Gasteiger partial charge in [0.1, 0.15) is 0 Å². The molecule has 94 valence electrons. The van der Waals surface area contributed by atoms with Gasteiger partial charge in [-0.3, -0.25) is 0 Å². The summed E-state index contributed by atoms with van der Waals surface area (Å²) in [5.74, 6) is 0. The molecular formula is C11H13BrCl2N2S. The molecule has 0 fully saturated rings. The van der Waals surface area contributed by atoms with Crippen molar-refractivity contribution in [2.75, 3.05) is 11.9 Å². The third-order valence-corrected chi connectivity index (χ3v) is 4.12. The van der Waals surface area contributed by atoms with Crippen LogP contribution in [0.4, 0.5) is 5.69 Å². The van der Waals surface area contributed by atoms with E-state index >= 15 is 0 Å². The first-order valence-electron chi connectivity index (χ1n) is 5.24. The van der Waals surface area contributed by atoms with Crippen LogP contribution >= 0.6 is 51.3 Å². The number of anilines is 1. The molecule has 2 nitrogen and oxygen atoms in total. The zero-order valence-electron chi connectivity index (χ0n) is 9.32. The van der Waals surface area contributed by atoms with Crippen LogP contribution in [0.1, 0.15) is 19.8 Å². The number of nitrogens with one attached hydrogen (secondary N) is 2. The van der Waals surface area contributed by atoms with E-state index in [0.29, 0.717) is 20.8 Å². The quantitative estimate of drug-likeness (QED) is 0.459. The molecule has 1 aromatic rings. The lowest BCUT2D eigenvalue weighted by molar-refractivity contribution is 0.758. The number of thiocarbonyl (C=S) groups is 1. The average molecular weight is 356 g/mol. The number of hydrogen-bond acceptors (Lipinski definition) is 1. The van der Waals surface area contributed by atoms with Crippen LogP contribution in [0.2, 0.25) is 10.0 Å². The first-order chi connectivity index (χ1) is 8.06. The van der Waals surface area contributed by atoms with E-state index in [1.165, 1.54) is 0 Å². The highest BCUT2D eigenvalue weighted by Gasteiger charge is 2.09. The summed E-state index contributed by atoms with van der Waals surface area (Å²) in [7, 11) is 0. The minimum atomic E-state index is 0.459. The average Bonchev–Trinajstić information content (AvgIpc) is 2.30. The smallest absolute Gasteiger partial charge is 0.170 e. The molecule has 0 heterocycles. The second kappa shape index (κ2) is 7.41. The SMILES string of the molecule is CCCCNC(=S)Nc1ccc(Br)c(Cl)c1Cl. The molecule has 0 saturated heterocycles. The first kappa shape index (κ1) is 15.0. The van der Waals surface area contributed by atoms with Gasteiger partial charge in [0.15, 0.2) is 5.11 Å². The lowest BCUT2D eigenvalue weighted by Crippen LogP contribution is -2.29. The molecule has 0 aliphatic heterocycles. The van der Waals surface area contributed by atoms with Gasteiger partial charge in [0, 0.05) is 11.0 Å². The Morgan fingerprint density at radius 3 is 2.71 bits per heavy atom. The van der Waals surface area contributed by atoms with Crippen molar-refractivity contribution in [3.05, 3.63) is 26.7 Å². The number of unbranched alkanes of at least 4 members (excludes halogenated alkanes) is 1. The fourth-order valence-electron chi connectivity index (χ4n) is 1.17. The van der Waals surface area contributed by atoms with Crippen LogP contribution in [-0.2, 0) is 0 Å². The molecule has 0 atom stereocenters. The Bertz CT molecular complexity index is 413. The normalized spacial score (nSPS) is 10.1. The number of rotatable bonds is 4. The van der Waals surface area contributed by atoms with Crippen LogP contribution in [0.15, 0.2) is 16.6 Å². The van der Waals surface area contributed by atoms with Gasteiger partial charge in [0.2, 0.25) is 0 Å². The van der Waals surface area contributed by atoms with Gasteiger partial charge in [0.25, 0.3) is 0 Å². The largest absolute Gasteiger partial charge is 0.362 e. The van der Waals surface area contributed by atoms with Crippen molar-refractivity contribution in [1.82, 2.24) is 5.32 Å². The van der Waals surface area contributed by atoms with Crippen molar-refractivity contribution < 1.29 is 0 Å². The molecule has 0 unspecified atom stereocenters. The molecule has 0 aromatic heterocycles. The molecule has 0 aliphatic rings. The predicted octanol–water partition coefficient (Wildman–Crippen LogP) is 4.84. The molecule has 0 bridgehead atoms. The zero-order chi connectivity index (χ0) is 12.8. The summed E-state index contributed by atoms with van der Waals surface area (Å²) in [6, 6.07) is 3.65. The predicted molar refractivity (Wildman–Crippen MR) is 83.3 cm³/mol. The topological polar surface area (TPSA) is 24.1 Å². The molecule has 1 aromatic carbocycles. The van der Waals surface area contributed by atoms with E-state index in [0.717, 1.165) is 23.9 Å². The Morgan fingerprint density at radius 2 is 2.06 bits per heavy atom. The molecule has 0 amide bonds. The molecular weight excluding hydrogens is 343 g/mol. The molecule has 17 heavy (non-hydrogen) atoms. The summed E-state index contributed by atoms with van der Waals surface area (Å²) in [4.78, 5) is 0.